The van der Waals surface area contributed by atoms with Gasteiger partial charge in [0.05, 0.1) is 12.1 Å². The molecule has 0 saturated carbocycles. The minimum atomic E-state index is -0.133. The van der Waals surface area contributed by atoms with Gasteiger partial charge in [-0.1, -0.05) is 6.07 Å². The summed E-state index contributed by atoms with van der Waals surface area (Å²) in [6.45, 7) is 6.49. The van der Waals surface area contributed by atoms with E-state index in [4.69, 9.17) is 0 Å². The first kappa shape index (κ1) is 20.0. The Morgan fingerprint density at radius 1 is 1.13 bits per heavy atom. The highest BCUT2D eigenvalue weighted by Crippen LogP contribution is 2.25. The molecule has 1 amide bonds. The number of carbonyl (C=O) groups excluding carboxylic acids is 1. The number of carbonyl (C=O) groups is 1. The number of aromatic nitrogens is 2. The van der Waals surface area contributed by atoms with Gasteiger partial charge in [0.25, 0.3) is 11.5 Å². The minimum Gasteiger partial charge on any atom is -0.347 e. The third-order valence-corrected chi connectivity index (χ3v) is 5.81. The fourth-order valence-corrected chi connectivity index (χ4v) is 3.92. The van der Waals surface area contributed by atoms with Crippen molar-refractivity contribution in [1.29, 1.82) is 0 Å². The van der Waals surface area contributed by atoms with Crippen LogP contribution in [0.1, 0.15) is 41.4 Å². The van der Waals surface area contributed by atoms with Gasteiger partial charge in [0.1, 0.15) is 0 Å². The van der Waals surface area contributed by atoms with Gasteiger partial charge in [-0.25, -0.2) is 0 Å². The molecular formula is C24H26N4O2. The van der Waals surface area contributed by atoms with Gasteiger partial charge in [-0.2, -0.15) is 0 Å². The summed E-state index contributed by atoms with van der Waals surface area (Å²) >= 11 is 0. The molecule has 6 nitrogen and oxygen atoms in total. The molecule has 1 atom stereocenters. The van der Waals surface area contributed by atoms with Crippen LogP contribution in [0.3, 0.4) is 0 Å². The summed E-state index contributed by atoms with van der Waals surface area (Å²) in [4.78, 5) is 34.7. The Labute approximate surface area is 175 Å². The molecule has 2 aromatic heterocycles. The zero-order valence-corrected chi connectivity index (χ0v) is 17.8. The molecule has 154 valence electrons. The lowest BCUT2D eigenvalue weighted by molar-refractivity contribution is 0.0936. The molecule has 0 aliphatic carbocycles. The second-order valence-electron chi connectivity index (χ2n) is 8.12. The molecule has 0 spiro atoms. The van der Waals surface area contributed by atoms with E-state index in [-0.39, 0.29) is 17.5 Å². The molecule has 0 fully saturated rings. The van der Waals surface area contributed by atoms with Crippen molar-refractivity contribution in [2.75, 3.05) is 6.54 Å². The number of benzene rings is 1. The largest absolute Gasteiger partial charge is 0.347 e. The Kier molecular flexibility index (Phi) is 5.24. The predicted molar refractivity (Wildman–Crippen MR) is 120 cm³/mol. The van der Waals surface area contributed by atoms with E-state index in [0.717, 1.165) is 46.3 Å². The van der Waals surface area contributed by atoms with Crippen LogP contribution in [-0.4, -0.2) is 33.8 Å². The van der Waals surface area contributed by atoms with Crippen LogP contribution >= 0.6 is 0 Å². The van der Waals surface area contributed by atoms with Crippen LogP contribution in [0.25, 0.3) is 22.0 Å². The van der Waals surface area contributed by atoms with Crippen molar-refractivity contribution < 1.29 is 4.79 Å². The summed E-state index contributed by atoms with van der Waals surface area (Å²) in [5, 5.41) is 3.97. The van der Waals surface area contributed by atoms with Crippen LogP contribution in [0.5, 0.6) is 0 Å². The maximum absolute atomic E-state index is 13.1. The summed E-state index contributed by atoms with van der Waals surface area (Å²) in [6.07, 6.45) is 3.59. The molecule has 30 heavy (non-hydrogen) atoms. The Balaban J connectivity index is 1.72. The quantitative estimate of drug-likeness (QED) is 0.728. The number of fused-ring (bicyclic) bond motifs is 1. The van der Waals surface area contributed by atoms with Crippen molar-refractivity contribution in [3.05, 3.63) is 63.7 Å². The molecule has 0 bridgehead atoms. The molecule has 3 heterocycles. The van der Waals surface area contributed by atoms with Gasteiger partial charge in [0.15, 0.2) is 0 Å². The average Bonchev–Trinajstić information content (AvgIpc) is 2.73. The van der Waals surface area contributed by atoms with E-state index in [2.05, 4.69) is 15.3 Å². The summed E-state index contributed by atoms with van der Waals surface area (Å²) in [5.41, 5.74) is 5.58. The Morgan fingerprint density at radius 3 is 2.67 bits per heavy atom. The molecule has 6 heteroatoms. The molecular weight excluding hydrogens is 376 g/mol. The smallest absolute Gasteiger partial charge is 0.258 e. The minimum absolute atomic E-state index is 0.0498. The lowest BCUT2D eigenvalue weighted by Gasteiger charge is -2.21. The van der Waals surface area contributed by atoms with Crippen LogP contribution in [0.2, 0.25) is 0 Å². The third-order valence-electron chi connectivity index (χ3n) is 5.81. The van der Waals surface area contributed by atoms with Gasteiger partial charge >= 0.3 is 0 Å². The van der Waals surface area contributed by atoms with E-state index in [0.29, 0.717) is 17.7 Å². The molecule has 3 aromatic rings. The van der Waals surface area contributed by atoms with E-state index in [1.807, 2.05) is 51.1 Å². The van der Waals surface area contributed by atoms with Crippen molar-refractivity contribution >= 4 is 22.5 Å². The van der Waals surface area contributed by atoms with Crippen molar-refractivity contribution in [2.45, 2.75) is 39.7 Å². The van der Waals surface area contributed by atoms with Crippen LogP contribution in [0, 0.1) is 13.8 Å². The summed E-state index contributed by atoms with van der Waals surface area (Å²) < 4.78 is 1.65. The third kappa shape index (κ3) is 3.77. The van der Waals surface area contributed by atoms with Gasteiger partial charge in [0, 0.05) is 47.2 Å². The molecule has 1 aliphatic heterocycles. The Morgan fingerprint density at radius 2 is 1.93 bits per heavy atom. The van der Waals surface area contributed by atoms with Crippen molar-refractivity contribution in [3.63, 3.8) is 0 Å². The number of pyridine rings is 2. The van der Waals surface area contributed by atoms with Crippen LogP contribution in [-0.2, 0) is 7.05 Å². The Hall–Kier alpha value is -3.28. The second-order valence-corrected chi connectivity index (χ2v) is 8.12. The van der Waals surface area contributed by atoms with Gasteiger partial charge in [0.2, 0.25) is 0 Å². The Bertz CT molecular complexity index is 1240. The van der Waals surface area contributed by atoms with Crippen molar-refractivity contribution in [1.82, 2.24) is 14.9 Å². The topological polar surface area (TPSA) is 76.3 Å². The molecule has 1 N–H and O–H groups in total. The highest BCUT2D eigenvalue weighted by molar-refractivity contribution is 5.96. The summed E-state index contributed by atoms with van der Waals surface area (Å²) in [7, 11) is 1.77. The predicted octanol–water partition coefficient (Wildman–Crippen LogP) is 3.57. The maximum Gasteiger partial charge on any atom is 0.258 e. The van der Waals surface area contributed by atoms with Gasteiger partial charge in [-0.15, -0.1) is 0 Å². The lowest BCUT2D eigenvalue weighted by Crippen LogP contribution is -2.39. The second kappa shape index (κ2) is 7.86. The van der Waals surface area contributed by atoms with Crippen molar-refractivity contribution in [2.24, 2.45) is 12.0 Å². The van der Waals surface area contributed by atoms with Gasteiger partial charge < -0.3 is 9.88 Å². The first-order valence-corrected chi connectivity index (χ1v) is 10.2. The monoisotopic (exact) mass is 402 g/mol. The summed E-state index contributed by atoms with van der Waals surface area (Å²) in [6, 6.07) is 9.34. The molecule has 1 aromatic carbocycles. The first-order chi connectivity index (χ1) is 14.3. The number of hydrogen-bond acceptors (Lipinski definition) is 4. The SMILES string of the molecule is CC1=NCC(NC(=O)c2ccc(C)c(-c3cc4cnc(C)cc4n(C)c3=O)c2)CC1. The van der Waals surface area contributed by atoms with Crippen LogP contribution < -0.4 is 10.9 Å². The molecule has 1 unspecified atom stereocenters. The molecule has 1 aliphatic rings. The fraction of sp³-hybridized carbons (Fsp3) is 0.333. The fourth-order valence-electron chi connectivity index (χ4n) is 3.92. The molecule has 0 radical (unpaired) electrons. The normalized spacial score (nSPS) is 16.4. The van der Waals surface area contributed by atoms with E-state index in [9.17, 15) is 9.59 Å². The zero-order valence-electron chi connectivity index (χ0n) is 17.8. The van der Waals surface area contributed by atoms with Gasteiger partial charge in [-0.3, -0.25) is 19.6 Å². The number of rotatable bonds is 3. The number of hydrogen-bond donors (Lipinski definition) is 1. The van der Waals surface area contributed by atoms with Gasteiger partial charge in [-0.05, 0) is 69.0 Å². The maximum atomic E-state index is 13.1. The van der Waals surface area contributed by atoms with E-state index < -0.39 is 0 Å². The van der Waals surface area contributed by atoms with E-state index in [1.54, 1.807) is 17.8 Å². The van der Waals surface area contributed by atoms with E-state index >= 15 is 0 Å². The summed E-state index contributed by atoms with van der Waals surface area (Å²) in [5.74, 6) is -0.133. The molecule has 0 saturated heterocycles. The van der Waals surface area contributed by atoms with E-state index in [1.165, 1.54) is 0 Å². The standard InChI is InChI=1S/C24H26N4O2/c1-14-5-7-17(23(29)27-19-8-6-15(2)26-13-19)10-20(14)21-11-18-12-25-16(3)9-22(18)28(4)24(21)30/h5,7,9-12,19H,6,8,13H2,1-4H3,(H,27,29). The van der Waals surface area contributed by atoms with Crippen molar-refractivity contribution in [3.8, 4) is 11.1 Å². The number of nitrogens with zero attached hydrogens (tertiary/aromatic N) is 3. The van der Waals surface area contributed by atoms with Crippen LogP contribution in [0.4, 0.5) is 0 Å². The number of aryl methyl sites for hydroxylation is 3. The average molecular weight is 402 g/mol. The number of nitrogens with one attached hydrogen (secondary N) is 1. The highest BCUT2D eigenvalue weighted by Gasteiger charge is 2.19. The lowest BCUT2D eigenvalue weighted by atomic mass is 9.97. The molecule has 4 rings (SSSR count). The zero-order chi connectivity index (χ0) is 21.4. The first-order valence-electron chi connectivity index (χ1n) is 10.2. The number of aliphatic imine (C=N–C) groups is 1. The number of amides is 1. The van der Waals surface area contributed by atoms with Crippen LogP contribution in [0.15, 0.2) is 46.3 Å². The highest BCUT2D eigenvalue weighted by atomic mass is 16.1.